The van der Waals surface area contributed by atoms with Crippen molar-refractivity contribution < 1.29 is 9.84 Å². The predicted molar refractivity (Wildman–Crippen MR) is 139 cm³/mol. The van der Waals surface area contributed by atoms with Gasteiger partial charge in [0.15, 0.2) is 0 Å². The predicted octanol–water partition coefficient (Wildman–Crippen LogP) is 4.76. The van der Waals surface area contributed by atoms with E-state index in [1.807, 2.05) is 72.8 Å². The molecule has 1 aromatic heterocycles. The normalized spacial score (nSPS) is 15.3. The highest BCUT2D eigenvalue weighted by molar-refractivity contribution is 5.91. The van der Waals surface area contributed by atoms with E-state index in [1.54, 1.807) is 6.33 Å². The Kier molecular flexibility index (Phi) is 6.62. The van der Waals surface area contributed by atoms with Crippen LogP contribution in [-0.4, -0.2) is 45.7 Å². The summed E-state index contributed by atoms with van der Waals surface area (Å²) in [5.41, 5.74) is 2.75. The average Bonchev–Trinajstić information content (AvgIpc) is 2.90. The summed E-state index contributed by atoms with van der Waals surface area (Å²) >= 11 is 0. The number of ether oxygens (including phenoxy) is 1. The quantitative estimate of drug-likeness (QED) is 0.415. The number of piperidine rings is 1. The number of likely N-dealkylation sites (tertiary alicyclic amines) is 1. The van der Waals surface area contributed by atoms with Gasteiger partial charge in [-0.15, -0.1) is 0 Å². The van der Waals surface area contributed by atoms with Gasteiger partial charge in [-0.1, -0.05) is 42.2 Å². The minimum atomic E-state index is -0.930. The third kappa shape index (κ3) is 5.78. The first kappa shape index (κ1) is 22.9. The maximum Gasteiger partial charge on any atom is 0.141 e. The van der Waals surface area contributed by atoms with E-state index in [9.17, 15) is 5.11 Å². The van der Waals surface area contributed by atoms with Gasteiger partial charge in [-0.2, -0.15) is 0 Å². The fraction of sp³-hybridized carbons (Fsp3) is 0.241. The second-order valence-electron chi connectivity index (χ2n) is 8.96. The molecule has 4 aromatic rings. The van der Waals surface area contributed by atoms with E-state index in [0.29, 0.717) is 25.3 Å². The van der Waals surface area contributed by atoms with Crippen LogP contribution in [0.15, 0.2) is 79.1 Å². The maximum atomic E-state index is 10.8. The highest BCUT2D eigenvalue weighted by atomic mass is 16.5. The molecule has 6 nitrogen and oxygen atoms in total. The minimum Gasteiger partial charge on any atom is -0.489 e. The van der Waals surface area contributed by atoms with Gasteiger partial charge in [0.2, 0.25) is 0 Å². The van der Waals surface area contributed by atoms with E-state index in [0.717, 1.165) is 46.6 Å². The second-order valence-corrected chi connectivity index (χ2v) is 8.96. The van der Waals surface area contributed by atoms with Gasteiger partial charge in [-0.3, -0.25) is 0 Å². The Labute approximate surface area is 205 Å². The van der Waals surface area contributed by atoms with Crippen LogP contribution in [-0.2, 0) is 6.61 Å². The number of aromatic nitrogens is 2. The van der Waals surface area contributed by atoms with Crippen LogP contribution in [0.25, 0.3) is 10.9 Å². The van der Waals surface area contributed by atoms with E-state index in [4.69, 9.17) is 4.74 Å². The van der Waals surface area contributed by atoms with Crippen LogP contribution in [0.4, 0.5) is 11.5 Å². The number of rotatable bonds is 5. The van der Waals surface area contributed by atoms with Gasteiger partial charge in [0, 0.05) is 42.6 Å². The molecule has 0 bridgehead atoms. The Balaban J connectivity index is 1.31. The molecule has 0 spiro atoms. The molecule has 0 saturated carbocycles. The van der Waals surface area contributed by atoms with Crippen molar-refractivity contribution in [2.24, 2.45) is 0 Å². The summed E-state index contributed by atoms with van der Waals surface area (Å²) in [7, 11) is 2.07. The van der Waals surface area contributed by atoms with Crippen molar-refractivity contribution in [2.45, 2.75) is 25.0 Å². The molecule has 1 aliphatic rings. The molecule has 6 heteroatoms. The Bertz CT molecular complexity index is 1350. The molecule has 2 N–H and O–H groups in total. The molecule has 0 atom stereocenters. The Morgan fingerprint density at radius 3 is 2.54 bits per heavy atom. The fourth-order valence-electron chi connectivity index (χ4n) is 4.05. The Morgan fingerprint density at radius 2 is 1.77 bits per heavy atom. The number of nitrogens with one attached hydrogen (secondary N) is 1. The molecule has 1 fully saturated rings. The van der Waals surface area contributed by atoms with Crippen molar-refractivity contribution in [3.8, 4) is 17.6 Å². The molecular formula is C29H28N4O2. The molecule has 3 aromatic carbocycles. The van der Waals surface area contributed by atoms with Gasteiger partial charge in [0.05, 0.1) is 5.52 Å². The second kappa shape index (κ2) is 10.1. The van der Waals surface area contributed by atoms with Gasteiger partial charge in [-0.25, -0.2) is 9.97 Å². The monoisotopic (exact) mass is 464 g/mol. The molecule has 2 heterocycles. The summed E-state index contributed by atoms with van der Waals surface area (Å²) in [6, 6.07) is 23.7. The molecule has 35 heavy (non-hydrogen) atoms. The Hall–Kier alpha value is -3.92. The number of benzene rings is 3. The zero-order valence-electron chi connectivity index (χ0n) is 19.7. The van der Waals surface area contributed by atoms with Gasteiger partial charge in [0.1, 0.15) is 30.1 Å². The van der Waals surface area contributed by atoms with Crippen molar-refractivity contribution in [2.75, 3.05) is 25.5 Å². The van der Waals surface area contributed by atoms with E-state index >= 15 is 0 Å². The van der Waals surface area contributed by atoms with Crippen molar-refractivity contribution in [1.82, 2.24) is 14.9 Å². The average molecular weight is 465 g/mol. The largest absolute Gasteiger partial charge is 0.489 e. The van der Waals surface area contributed by atoms with E-state index < -0.39 is 5.60 Å². The zero-order chi connectivity index (χ0) is 24.1. The molecule has 0 aliphatic carbocycles. The number of hydrogen-bond acceptors (Lipinski definition) is 6. The number of fused-ring (bicyclic) bond motifs is 1. The summed E-state index contributed by atoms with van der Waals surface area (Å²) in [4.78, 5) is 11.1. The number of hydrogen-bond donors (Lipinski definition) is 2. The molecule has 5 rings (SSSR count). The van der Waals surface area contributed by atoms with Gasteiger partial charge in [-0.05, 0) is 55.1 Å². The van der Waals surface area contributed by atoms with Crippen molar-refractivity contribution in [3.05, 3.63) is 90.3 Å². The molecule has 1 aliphatic heterocycles. The standard InChI is InChI=1S/C29H28N4O2/c1-33-17-15-29(34,16-18-33)14-13-22-7-12-27-26(19-22)28(31-21-30-27)32-24-8-10-25(11-9-24)35-20-23-5-3-2-4-6-23/h2-12,19,21,34H,15-18,20H2,1H3,(H,30,31,32). The van der Waals surface area contributed by atoms with Crippen LogP contribution < -0.4 is 10.1 Å². The number of aliphatic hydroxyl groups is 1. The minimum absolute atomic E-state index is 0.528. The lowest BCUT2D eigenvalue weighted by molar-refractivity contribution is 0.0350. The third-order valence-electron chi connectivity index (χ3n) is 6.25. The molecule has 0 radical (unpaired) electrons. The zero-order valence-corrected chi connectivity index (χ0v) is 19.7. The molecule has 0 unspecified atom stereocenters. The van der Waals surface area contributed by atoms with Gasteiger partial charge in [0.25, 0.3) is 0 Å². The molecule has 0 amide bonds. The lowest BCUT2D eigenvalue weighted by Gasteiger charge is -2.32. The van der Waals surface area contributed by atoms with Crippen LogP contribution in [0.5, 0.6) is 5.75 Å². The fourth-order valence-corrected chi connectivity index (χ4v) is 4.05. The van der Waals surface area contributed by atoms with E-state index in [2.05, 4.69) is 39.1 Å². The van der Waals surface area contributed by atoms with Crippen LogP contribution >= 0.6 is 0 Å². The van der Waals surface area contributed by atoms with Crippen LogP contribution in [0, 0.1) is 11.8 Å². The topological polar surface area (TPSA) is 70.5 Å². The number of nitrogens with zero attached hydrogens (tertiary/aromatic N) is 3. The summed E-state index contributed by atoms with van der Waals surface area (Å²) in [6.45, 7) is 2.22. The Morgan fingerprint density at radius 1 is 1.00 bits per heavy atom. The maximum absolute atomic E-state index is 10.8. The number of anilines is 2. The van der Waals surface area contributed by atoms with E-state index in [-0.39, 0.29) is 0 Å². The lowest BCUT2D eigenvalue weighted by atomic mass is 9.92. The first-order valence-corrected chi connectivity index (χ1v) is 11.8. The summed E-state index contributed by atoms with van der Waals surface area (Å²) in [5, 5.41) is 15.0. The van der Waals surface area contributed by atoms with Crippen molar-refractivity contribution >= 4 is 22.4 Å². The summed E-state index contributed by atoms with van der Waals surface area (Å²) in [6.07, 6.45) is 2.87. The van der Waals surface area contributed by atoms with Crippen LogP contribution in [0.1, 0.15) is 24.0 Å². The first-order valence-electron chi connectivity index (χ1n) is 11.8. The highest BCUT2D eigenvalue weighted by Gasteiger charge is 2.28. The van der Waals surface area contributed by atoms with Gasteiger partial charge < -0.3 is 20.1 Å². The van der Waals surface area contributed by atoms with E-state index in [1.165, 1.54) is 0 Å². The lowest BCUT2D eigenvalue weighted by Crippen LogP contribution is -2.41. The van der Waals surface area contributed by atoms with Crippen molar-refractivity contribution in [1.29, 1.82) is 0 Å². The summed E-state index contributed by atoms with van der Waals surface area (Å²) < 4.78 is 5.88. The highest BCUT2D eigenvalue weighted by Crippen LogP contribution is 2.26. The van der Waals surface area contributed by atoms with Gasteiger partial charge >= 0.3 is 0 Å². The smallest absolute Gasteiger partial charge is 0.141 e. The van der Waals surface area contributed by atoms with Crippen molar-refractivity contribution in [3.63, 3.8) is 0 Å². The SMILES string of the molecule is CN1CCC(O)(C#Cc2ccc3ncnc(Nc4ccc(OCc5ccccc5)cc4)c3c2)CC1. The molecule has 1 saturated heterocycles. The third-order valence-corrected chi connectivity index (χ3v) is 6.25. The molecular weight excluding hydrogens is 436 g/mol. The first-order chi connectivity index (χ1) is 17.1. The summed E-state index contributed by atoms with van der Waals surface area (Å²) in [5.74, 6) is 7.78. The van der Waals surface area contributed by atoms with Crippen LogP contribution in [0.2, 0.25) is 0 Å². The molecule has 176 valence electrons. The van der Waals surface area contributed by atoms with Crippen LogP contribution in [0.3, 0.4) is 0 Å².